The van der Waals surface area contributed by atoms with Crippen molar-refractivity contribution in [2.45, 2.75) is 63.5 Å². The van der Waals surface area contributed by atoms with Crippen molar-refractivity contribution in [3.63, 3.8) is 0 Å². The van der Waals surface area contributed by atoms with Crippen molar-refractivity contribution in [1.82, 2.24) is 4.90 Å². The van der Waals surface area contributed by atoms with Crippen molar-refractivity contribution in [3.05, 3.63) is 39.7 Å². The zero-order chi connectivity index (χ0) is 18.8. The van der Waals surface area contributed by atoms with Crippen LogP contribution in [0.5, 0.6) is 5.75 Å². The Morgan fingerprint density at radius 1 is 1.19 bits per heavy atom. The van der Waals surface area contributed by atoms with Crippen LogP contribution in [0.25, 0.3) is 11.0 Å². The van der Waals surface area contributed by atoms with Gasteiger partial charge in [0.05, 0.1) is 0 Å². The molecule has 1 fully saturated rings. The van der Waals surface area contributed by atoms with Crippen LogP contribution in [0.4, 0.5) is 0 Å². The SMILES string of the molecule is CN(C[C@@H](O)COc1ccc2c3c(c(=O)oc2c1)CCC3)C1CCCCC1. The molecule has 1 aromatic carbocycles. The molecule has 0 spiro atoms. The van der Waals surface area contributed by atoms with E-state index in [0.717, 1.165) is 35.8 Å². The van der Waals surface area contributed by atoms with E-state index in [9.17, 15) is 9.90 Å². The van der Waals surface area contributed by atoms with Crippen molar-refractivity contribution in [2.24, 2.45) is 0 Å². The minimum atomic E-state index is -0.542. The van der Waals surface area contributed by atoms with Gasteiger partial charge in [-0.15, -0.1) is 0 Å². The first-order chi connectivity index (χ1) is 13.1. The Bertz CT molecular complexity index is 853. The Kier molecular flexibility index (Phi) is 5.50. The first-order valence-corrected chi connectivity index (χ1v) is 10.2. The smallest absolute Gasteiger partial charge is 0.339 e. The van der Waals surface area contributed by atoms with Gasteiger partial charge in [0.1, 0.15) is 24.0 Å². The Hall–Kier alpha value is -1.85. The molecule has 2 aromatic rings. The van der Waals surface area contributed by atoms with Crippen LogP contribution in [0.1, 0.15) is 49.7 Å². The van der Waals surface area contributed by atoms with Gasteiger partial charge in [-0.05, 0) is 56.8 Å². The Labute approximate surface area is 159 Å². The highest BCUT2D eigenvalue weighted by molar-refractivity contribution is 5.83. The molecule has 1 heterocycles. The van der Waals surface area contributed by atoms with Crippen molar-refractivity contribution >= 4 is 11.0 Å². The molecule has 0 aliphatic heterocycles. The summed E-state index contributed by atoms with van der Waals surface area (Å²) in [5.41, 5.74) is 2.31. The van der Waals surface area contributed by atoms with E-state index < -0.39 is 6.10 Å². The Morgan fingerprint density at radius 2 is 1.96 bits per heavy atom. The van der Waals surface area contributed by atoms with Gasteiger partial charge in [-0.2, -0.15) is 0 Å². The third kappa shape index (κ3) is 4.04. The highest BCUT2D eigenvalue weighted by Crippen LogP contribution is 2.29. The lowest BCUT2D eigenvalue weighted by Gasteiger charge is -2.32. The molecule has 5 nitrogen and oxygen atoms in total. The minimum absolute atomic E-state index is 0.221. The fraction of sp³-hybridized carbons (Fsp3) is 0.591. The summed E-state index contributed by atoms with van der Waals surface area (Å²) in [5.74, 6) is 0.628. The summed E-state index contributed by atoms with van der Waals surface area (Å²) in [6.07, 6.45) is 8.56. The zero-order valence-corrected chi connectivity index (χ0v) is 16.1. The normalized spacial score (nSPS) is 18.8. The molecule has 4 rings (SSSR count). The summed E-state index contributed by atoms with van der Waals surface area (Å²) in [6.45, 7) is 0.846. The summed E-state index contributed by atoms with van der Waals surface area (Å²) in [5, 5.41) is 11.4. The van der Waals surface area contributed by atoms with Crippen LogP contribution in [-0.2, 0) is 12.8 Å². The lowest BCUT2D eigenvalue weighted by Crippen LogP contribution is -2.40. The topological polar surface area (TPSA) is 62.9 Å². The molecule has 1 saturated carbocycles. The van der Waals surface area contributed by atoms with Crippen LogP contribution < -0.4 is 10.4 Å². The first kappa shape index (κ1) is 18.5. The van der Waals surface area contributed by atoms with Gasteiger partial charge in [-0.25, -0.2) is 4.79 Å². The lowest BCUT2D eigenvalue weighted by atomic mass is 9.94. The maximum absolute atomic E-state index is 12.1. The van der Waals surface area contributed by atoms with Crippen molar-refractivity contribution in [3.8, 4) is 5.75 Å². The van der Waals surface area contributed by atoms with Gasteiger partial charge in [0, 0.05) is 29.6 Å². The molecule has 27 heavy (non-hydrogen) atoms. The average molecular weight is 371 g/mol. The molecule has 5 heteroatoms. The van der Waals surface area contributed by atoms with Crippen LogP contribution in [0.2, 0.25) is 0 Å². The monoisotopic (exact) mass is 371 g/mol. The number of likely N-dealkylation sites (N-methyl/N-ethyl adjacent to an activating group) is 1. The molecule has 0 saturated heterocycles. The van der Waals surface area contributed by atoms with E-state index in [0.29, 0.717) is 23.9 Å². The molecule has 1 aromatic heterocycles. The van der Waals surface area contributed by atoms with Crippen LogP contribution >= 0.6 is 0 Å². The summed E-state index contributed by atoms with van der Waals surface area (Å²) in [4.78, 5) is 14.4. The van der Waals surface area contributed by atoms with Gasteiger partial charge in [-0.1, -0.05) is 19.3 Å². The van der Waals surface area contributed by atoms with Gasteiger partial charge >= 0.3 is 5.63 Å². The molecular weight excluding hydrogens is 342 g/mol. The zero-order valence-electron chi connectivity index (χ0n) is 16.1. The van der Waals surface area contributed by atoms with E-state index in [1.54, 1.807) is 6.07 Å². The standard InChI is InChI=1S/C22H29NO4/c1-23(15-6-3-2-4-7-15)13-16(24)14-26-17-10-11-19-18-8-5-9-20(18)22(25)27-21(19)12-17/h10-12,15-16,24H,2-9,13-14H2,1H3/t16-/m1/s1. The highest BCUT2D eigenvalue weighted by atomic mass is 16.5. The molecule has 2 aliphatic carbocycles. The number of benzene rings is 1. The number of aliphatic hydroxyl groups is 1. The van der Waals surface area contributed by atoms with Gasteiger partial charge in [-0.3, -0.25) is 0 Å². The molecule has 146 valence electrons. The largest absolute Gasteiger partial charge is 0.491 e. The van der Waals surface area contributed by atoms with Crippen LogP contribution in [-0.4, -0.2) is 42.4 Å². The predicted octanol–water partition coefficient (Wildman–Crippen LogP) is 3.29. The second-order valence-electron chi connectivity index (χ2n) is 8.05. The third-order valence-corrected chi connectivity index (χ3v) is 6.08. The molecule has 0 bridgehead atoms. The van der Waals surface area contributed by atoms with Gasteiger partial charge in [0.2, 0.25) is 0 Å². The van der Waals surface area contributed by atoms with Crippen molar-refractivity contribution in [1.29, 1.82) is 0 Å². The number of hydrogen-bond donors (Lipinski definition) is 1. The third-order valence-electron chi connectivity index (χ3n) is 6.08. The summed E-state index contributed by atoms with van der Waals surface area (Å²) in [6, 6.07) is 6.22. The van der Waals surface area contributed by atoms with Gasteiger partial charge < -0.3 is 19.2 Å². The summed E-state index contributed by atoms with van der Waals surface area (Å²) in [7, 11) is 2.09. The molecule has 1 atom stereocenters. The van der Waals surface area contributed by atoms with E-state index in [1.165, 1.54) is 32.1 Å². The van der Waals surface area contributed by atoms with E-state index in [-0.39, 0.29) is 12.2 Å². The van der Waals surface area contributed by atoms with Gasteiger partial charge in [0.15, 0.2) is 0 Å². The number of ether oxygens (including phenoxy) is 1. The number of aryl methyl sites for hydroxylation is 1. The number of aliphatic hydroxyl groups excluding tert-OH is 1. The Balaban J connectivity index is 1.38. The molecule has 0 radical (unpaired) electrons. The number of fused-ring (bicyclic) bond motifs is 3. The van der Waals surface area contributed by atoms with Gasteiger partial charge in [0.25, 0.3) is 0 Å². The van der Waals surface area contributed by atoms with E-state index in [4.69, 9.17) is 9.15 Å². The van der Waals surface area contributed by atoms with Crippen LogP contribution in [0, 0.1) is 0 Å². The number of nitrogens with zero attached hydrogens (tertiary/aromatic N) is 1. The molecule has 0 unspecified atom stereocenters. The van der Waals surface area contributed by atoms with Crippen molar-refractivity contribution in [2.75, 3.05) is 20.2 Å². The Morgan fingerprint density at radius 3 is 2.78 bits per heavy atom. The second-order valence-corrected chi connectivity index (χ2v) is 8.05. The van der Waals surface area contributed by atoms with Crippen molar-refractivity contribution < 1.29 is 14.3 Å². The van der Waals surface area contributed by atoms with Crippen LogP contribution in [0.15, 0.2) is 27.4 Å². The quantitative estimate of drug-likeness (QED) is 0.790. The second kappa shape index (κ2) is 8.03. The minimum Gasteiger partial charge on any atom is -0.491 e. The lowest BCUT2D eigenvalue weighted by molar-refractivity contribution is 0.0562. The average Bonchev–Trinajstić information content (AvgIpc) is 3.18. The predicted molar refractivity (Wildman–Crippen MR) is 106 cm³/mol. The molecule has 2 aliphatic rings. The van der Waals surface area contributed by atoms with E-state index >= 15 is 0 Å². The van der Waals surface area contributed by atoms with Crippen LogP contribution in [0.3, 0.4) is 0 Å². The maximum atomic E-state index is 12.1. The molecule has 0 amide bonds. The highest BCUT2D eigenvalue weighted by Gasteiger charge is 2.21. The fourth-order valence-electron chi connectivity index (χ4n) is 4.60. The maximum Gasteiger partial charge on any atom is 0.339 e. The van der Waals surface area contributed by atoms with E-state index in [2.05, 4.69) is 11.9 Å². The summed E-state index contributed by atoms with van der Waals surface area (Å²) >= 11 is 0. The molecular formula is C22H29NO4. The number of hydrogen-bond acceptors (Lipinski definition) is 5. The first-order valence-electron chi connectivity index (χ1n) is 10.2. The fourth-order valence-corrected chi connectivity index (χ4v) is 4.60. The molecule has 1 N–H and O–H groups in total. The number of rotatable bonds is 6. The van der Waals surface area contributed by atoms with E-state index in [1.807, 2.05) is 12.1 Å². The summed E-state index contributed by atoms with van der Waals surface area (Å²) < 4.78 is 11.3.